The standard InChI is InChI=1S/C40H43BrF4N6O4S2/c1-26-12-15-48-36(20-26)51(3)39(56)50-38-32(24-52)31(27(2)57-38)8-11-37(53)49-14-5-4-13-46-16-18-54-19-17-47-23-29-22-30(41)7-10-35(29)55-25-28-6-9-34(42)33(21-28)40(43,44)45/h6-7,9-10,12,15,20-22,24,46-47H,4-5,13-14,16-19,23,25H2,1-3H3,(H,49,53)(H,50,56). The number of rotatable bonds is 19. The average molecular weight is 892 g/mol. The Morgan fingerprint density at radius 3 is 2.53 bits per heavy atom. The molecule has 0 atom stereocenters. The summed E-state index contributed by atoms with van der Waals surface area (Å²) in [5, 5.41) is 13.4. The molecule has 4 aromatic rings. The van der Waals surface area contributed by atoms with E-state index in [4.69, 9.17) is 21.7 Å². The van der Waals surface area contributed by atoms with Crippen LogP contribution in [0.5, 0.6) is 5.75 Å². The van der Waals surface area contributed by atoms with Gasteiger partial charge in [0.1, 0.15) is 29.0 Å². The van der Waals surface area contributed by atoms with Crippen molar-refractivity contribution in [3.8, 4) is 17.6 Å². The number of hydrogen-bond acceptors (Lipinski definition) is 9. The first-order valence-corrected chi connectivity index (χ1v) is 19.9. The van der Waals surface area contributed by atoms with Gasteiger partial charge in [0.05, 0.1) is 29.9 Å². The van der Waals surface area contributed by atoms with Crippen molar-refractivity contribution in [3.63, 3.8) is 0 Å². The van der Waals surface area contributed by atoms with Crippen molar-refractivity contribution in [2.45, 2.75) is 46.0 Å². The predicted octanol–water partition coefficient (Wildman–Crippen LogP) is 7.55. The van der Waals surface area contributed by atoms with Gasteiger partial charge in [-0.2, -0.15) is 13.2 Å². The maximum absolute atomic E-state index is 13.6. The number of ether oxygens (including phenoxy) is 2. The third-order valence-corrected chi connectivity index (χ3v) is 10.2. The molecule has 2 heterocycles. The van der Waals surface area contributed by atoms with Crippen LogP contribution < -0.4 is 30.9 Å². The number of thiocarbonyl (C=S) groups is 1. The van der Waals surface area contributed by atoms with Crippen LogP contribution in [0.3, 0.4) is 0 Å². The largest absolute Gasteiger partial charge is 0.489 e. The Morgan fingerprint density at radius 2 is 1.79 bits per heavy atom. The zero-order valence-electron chi connectivity index (χ0n) is 31.6. The number of aldehydes is 1. The van der Waals surface area contributed by atoms with Crippen LogP contribution in [0, 0.1) is 31.5 Å². The minimum atomic E-state index is -4.79. The minimum Gasteiger partial charge on any atom is -0.489 e. The second-order valence-electron chi connectivity index (χ2n) is 12.7. The van der Waals surface area contributed by atoms with Crippen LogP contribution in [0.1, 0.15) is 55.9 Å². The summed E-state index contributed by atoms with van der Waals surface area (Å²) in [6.45, 7) is 7.45. The second kappa shape index (κ2) is 22.5. The van der Waals surface area contributed by atoms with Crippen LogP contribution in [0.2, 0.25) is 0 Å². The molecular formula is C40H43BrF4N6O4S2. The van der Waals surface area contributed by atoms with Crippen LogP contribution in [0.15, 0.2) is 59.2 Å². The monoisotopic (exact) mass is 890 g/mol. The molecule has 0 radical (unpaired) electrons. The highest BCUT2D eigenvalue weighted by atomic mass is 79.9. The van der Waals surface area contributed by atoms with E-state index < -0.39 is 23.5 Å². The quantitative estimate of drug-likeness (QED) is 0.0248. The number of halogens is 5. The molecule has 0 aliphatic heterocycles. The van der Waals surface area contributed by atoms with Gasteiger partial charge in [-0.1, -0.05) is 27.9 Å². The Bertz CT molecular complexity index is 2070. The molecular weight excluding hydrogens is 849 g/mol. The average Bonchev–Trinajstić information content (AvgIpc) is 3.47. The molecule has 4 rings (SSSR count). The van der Waals surface area contributed by atoms with E-state index >= 15 is 0 Å². The van der Waals surface area contributed by atoms with E-state index in [9.17, 15) is 27.2 Å². The van der Waals surface area contributed by atoms with Crippen LogP contribution in [-0.2, 0) is 28.9 Å². The highest BCUT2D eigenvalue weighted by Crippen LogP contribution is 2.33. The fourth-order valence-electron chi connectivity index (χ4n) is 5.26. The number of aromatic nitrogens is 1. The van der Waals surface area contributed by atoms with E-state index in [0.29, 0.717) is 78.5 Å². The maximum Gasteiger partial charge on any atom is 0.419 e. The Balaban J connectivity index is 1.07. The Kier molecular flexibility index (Phi) is 17.9. The summed E-state index contributed by atoms with van der Waals surface area (Å²) in [7, 11) is 1.78. The zero-order valence-corrected chi connectivity index (χ0v) is 34.8. The van der Waals surface area contributed by atoms with Gasteiger partial charge in [-0.05, 0) is 99.0 Å². The first-order valence-electron chi connectivity index (χ1n) is 17.9. The van der Waals surface area contributed by atoms with E-state index in [-0.39, 0.29) is 12.2 Å². The molecule has 2 aromatic carbocycles. The van der Waals surface area contributed by atoms with E-state index in [2.05, 4.69) is 54.0 Å². The summed E-state index contributed by atoms with van der Waals surface area (Å²) >= 11 is 10.3. The number of amides is 1. The van der Waals surface area contributed by atoms with E-state index in [0.717, 1.165) is 52.0 Å². The van der Waals surface area contributed by atoms with Gasteiger partial charge in [0.15, 0.2) is 11.4 Å². The summed E-state index contributed by atoms with van der Waals surface area (Å²) in [5.74, 6) is 4.84. The van der Waals surface area contributed by atoms with Gasteiger partial charge < -0.3 is 35.6 Å². The number of unbranched alkanes of at least 4 members (excludes halogenated alkanes) is 1. The van der Waals surface area contributed by atoms with Gasteiger partial charge >= 0.3 is 6.18 Å². The zero-order chi connectivity index (χ0) is 41.4. The van der Waals surface area contributed by atoms with Gasteiger partial charge in [0.2, 0.25) is 0 Å². The molecule has 1 amide bonds. The first-order chi connectivity index (χ1) is 27.3. The number of carbonyl (C=O) groups is 2. The molecule has 0 aliphatic carbocycles. The smallest absolute Gasteiger partial charge is 0.419 e. The van der Waals surface area contributed by atoms with Crippen molar-refractivity contribution in [1.82, 2.24) is 20.9 Å². The fraction of sp³-hybridized carbons (Fsp3) is 0.350. The lowest BCUT2D eigenvalue weighted by Gasteiger charge is -2.20. The third-order valence-electron chi connectivity index (χ3n) is 8.29. The van der Waals surface area contributed by atoms with Gasteiger partial charge in [-0.3, -0.25) is 9.59 Å². The molecule has 0 saturated carbocycles. The fourth-order valence-corrected chi connectivity index (χ4v) is 6.90. The van der Waals surface area contributed by atoms with Crippen LogP contribution in [0.4, 0.5) is 28.4 Å². The van der Waals surface area contributed by atoms with E-state index in [1.54, 1.807) is 30.3 Å². The third kappa shape index (κ3) is 14.5. The highest BCUT2D eigenvalue weighted by molar-refractivity contribution is 9.10. The van der Waals surface area contributed by atoms with Crippen molar-refractivity contribution >= 4 is 67.6 Å². The second-order valence-corrected chi connectivity index (χ2v) is 15.2. The molecule has 10 nitrogen and oxygen atoms in total. The Morgan fingerprint density at radius 1 is 1.04 bits per heavy atom. The van der Waals surface area contributed by atoms with Gasteiger partial charge in [0, 0.05) is 60.3 Å². The molecule has 0 aliphatic rings. The Labute approximate surface area is 347 Å². The molecule has 0 unspecified atom stereocenters. The molecule has 304 valence electrons. The highest BCUT2D eigenvalue weighted by Gasteiger charge is 2.34. The number of thiophene rings is 1. The van der Waals surface area contributed by atoms with Crippen molar-refractivity contribution < 1.29 is 36.6 Å². The summed E-state index contributed by atoms with van der Waals surface area (Å²) in [6, 6.07) is 11.9. The number of benzene rings is 2. The van der Waals surface area contributed by atoms with Gasteiger partial charge in [-0.15, -0.1) is 11.3 Å². The van der Waals surface area contributed by atoms with Crippen molar-refractivity contribution in [2.24, 2.45) is 0 Å². The van der Waals surface area contributed by atoms with E-state index in [1.165, 1.54) is 17.4 Å². The van der Waals surface area contributed by atoms with Crippen molar-refractivity contribution in [1.29, 1.82) is 0 Å². The number of hydrogen-bond donors (Lipinski definition) is 4. The lowest BCUT2D eigenvalue weighted by atomic mass is 10.1. The summed E-state index contributed by atoms with van der Waals surface area (Å²) in [6.07, 6.45) is -0.807. The number of pyridine rings is 1. The lowest BCUT2D eigenvalue weighted by Crippen LogP contribution is -2.31. The minimum absolute atomic E-state index is 0.152. The molecule has 17 heteroatoms. The summed E-state index contributed by atoms with van der Waals surface area (Å²) in [4.78, 5) is 31.2. The van der Waals surface area contributed by atoms with Crippen LogP contribution >= 0.6 is 39.5 Å². The molecule has 0 fully saturated rings. The Hall–Kier alpha value is -4.44. The molecule has 0 saturated heterocycles. The number of alkyl halides is 3. The lowest BCUT2D eigenvalue weighted by molar-refractivity contribution is -0.140. The number of nitrogens with one attached hydrogen (secondary N) is 4. The van der Waals surface area contributed by atoms with Gasteiger partial charge in [-0.25, -0.2) is 9.37 Å². The number of aryl methyl sites for hydroxylation is 2. The SMILES string of the molecule is Cc1ccnc(N(C)C(=S)Nc2sc(C)c(C#CC(=O)NCCCCNCCOCCNCc3cc(Br)ccc3OCc3ccc(F)c(C(F)(F)F)c3)c2C=O)c1. The number of anilines is 2. The van der Waals surface area contributed by atoms with Crippen molar-refractivity contribution in [3.05, 3.63) is 103 Å². The topological polar surface area (TPSA) is 117 Å². The van der Waals surface area contributed by atoms with Gasteiger partial charge in [0.25, 0.3) is 5.91 Å². The molecule has 2 aromatic heterocycles. The summed E-state index contributed by atoms with van der Waals surface area (Å²) < 4.78 is 65.2. The molecule has 0 spiro atoms. The number of nitrogens with zero attached hydrogens (tertiary/aromatic N) is 2. The number of carbonyl (C=O) groups excluding carboxylic acids is 2. The van der Waals surface area contributed by atoms with Crippen LogP contribution in [0.25, 0.3) is 0 Å². The summed E-state index contributed by atoms with van der Waals surface area (Å²) in [5.41, 5.74) is 1.53. The molecule has 4 N–H and O–H groups in total. The van der Waals surface area contributed by atoms with E-state index in [1.807, 2.05) is 32.0 Å². The van der Waals surface area contributed by atoms with Crippen LogP contribution in [-0.4, -0.2) is 68.7 Å². The molecule has 0 bridgehead atoms. The van der Waals surface area contributed by atoms with Crippen molar-refractivity contribution in [2.75, 3.05) is 56.7 Å². The maximum atomic E-state index is 13.6. The molecule has 57 heavy (non-hydrogen) atoms. The first kappa shape index (κ1) is 45.3. The predicted molar refractivity (Wildman–Crippen MR) is 222 cm³/mol. The normalized spacial score (nSPS) is 11.1.